The van der Waals surface area contributed by atoms with Crippen LogP contribution in [0.5, 0.6) is 0 Å². The molecule has 2 nitrogen and oxygen atoms in total. The van der Waals surface area contributed by atoms with Gasteiger partial charge in [-0.05, 0) is 37.9 Å². The van der Waals surface area contributed by atoms with E-state index >= 15 is 0 Å². The Morgan fingerprint density at radius 3 is 2.29 bits per heavy atom. The number of ether oxygens (including phenoxy) is 1. The van der Waals surface area contributed by atoms with E-state index in [9.17, 15) is 0 Å². The van der Waals surface area contributed by atoms with Crippen molar-refractivity contribution < 1.29 is 4.74 Å². The summed E-state index contributed by atoms with van der Waals surface area (Å²) in [5, 5.41) is 0. The Hall–Kier alpha value is -0.570. The Morgan fingerprint density at radius 1 is 0.917 bits per heavy atom. The summed E-state index contributed by atoms with van der Waals surface area (Å²) in [6, 6.07) is 10.8. The largest absolute Gasteiger partial charge is 0.372 e. The molecule has 1 aliphatic heterocycles. The van der Waals surface area contributed by atoms with Crippen molar-refractivity contribution in [1.29, 1.82) is 0 Å². The first kappa shape index (κ1) is 21.5. The summed E-state index contributed by atoms with van der Waals surface area (Å²) in [6.07, 6.45) is 12.3. The lowest BCUT2D eigenvalue weighted by molar-refractivity contribution is 0.0186. The van der Waals surface area contributed by atoms with Gasteiger partial charge in [0.05, 0.1) is 6.10 Å². The first-order valence-electron chi connectivity index (χ1n) is 9.79. The van der Waals surface area contributed by atoms with Crippen LogP contribution in [0.3, 0.4) is 0 Å². The summed E-state index contributed by atoms with van der Waals surface area (Å²) in [7, 11) is 0. The monoisotopic (exact) mass is 353 g/mol. The molecule has 0 amide bonds. The van der Waals surface area contributed by atoms with Crippen molar-refractivity contribution in [3.05, 3.63) is 35.9 Å². The van der Waals surface area contributed by atoms with E-state index in [1.807, 2.05) is 0 Å². The number of nitrogens with zero attached hydrogens (tertiary/aromatic N) is 1. The Balaban J connectivity index is 0.00000288. The normalized spacial score (nSPS) is 16.5. The van der Waals surface area contributed by atoms with E-state index in [2.05, 4.69) is 42.2 Å². The molecule has 0 spiro atoms. The second kappa shape index (κ2) is 13.7. The number of benzene rings is 1. The van der Waals surface area contributed by atoms with E-state index < -0.39 is 0 Å². The van der Waals surface area contributed by atoms with E-state index in [-0.39, 0.29) is 18.5 Å². The first-order chi connectivity index (χ1) is 11.4. The molecule has 1 heterocycles. The van der Waals surface area contributed by atoms with Crippen molar-refractivity contribution in [2.45, 2.75) is 70.8 Å². The van der Waals surface area contributed by atoms with Gasteiger partial charge in [0.15, 0.2) is 0 Å². The Labute approximate surface area is 155 Å². The Morgan fingerprint density at radius 2 is 1.58 bits per heavy atom. The molecule has 0 bridgehead atoms. The van der Waals surface area contributed by atoms with Crippen molar-refractivity contribution in [1.82, 2.24) is 4.90 Å². The van der Waals surface area contributed by atoms with Crippen LogP contribution in [0.1, 0.15) is 76.4 Å². The fourth-order valence-corrected chi connectivity index (χ4v) is 3.41. The third-order valence-electron chi connectivity index (χ3n) is 4.86. The Bertz CT molecular complexity index is 392. The first-order valence-corrected chi connectivity index (χ1v) is 9.79. The number of hydrogen-bond acceptors (Lipinski definition) is 2. The minimum Gasteiger partial charge on any atom is -0.372 e. The standard InChI is InChI=1S/C21H35NO.ClH/c1-2-3-4-5-6-13-18-23-21(20-14-9-7-10-15-20)19-22-16-11-8-12-17-22;/h7,9-10,14-15,21H,2-6,8,11-13,16-19H2,1H3;1H. The van der Waals surface area contributed by atoms with E-state index in [1.165, 1.54) is 76.4 Å². The maximum absolute atomic E-state index is 6.30. The summed E-state index contributed by atoms with van der Waals surface area (Å²) in [6.45, 7) is 6.71. The fraction of sp³-hybridized carbons (Fsp3) is 0.714. The molecule has 1 aromatic rings. The number of rotatable bonds is 11. The van der Waals surface area contributed by atoms with Crippen LogP contribution in [0.2, 0.25) is 0 Å². The summed E-state index contributed by atoms with van der Waals surface area (Å²) < 4.78 is 6.30. The molecule has 1 saturated heterocycles. The highest BCUT2D eigenvalue weighted by Crippen LogP contribution is 2.21. The maximum Gasteiger partial charge on any atom is 0.0951 e. The number of piperidine rings is 1. The molecule has 1 aliphatic rings. The quantitative estimate of drug-likeness (QED) is 0.451. The van der Waals surface area contributed by atoms with Crippen molar-refractivity contribution in [2.24, 2.45) is 0 Å². The molecule has 1 aromatic carbocycles. The zero-order chi connectivity index (χ0) is 16.2. The van der Waals surface area contributed by atoms with Crippen molar-refractivity contribution >= 4 is 12.4 Å². The zero-order valence-corrected chi connectivity index (χ0v) is 16.2. The van der Waals surface area contributed by atoms with E-state index in [4.69, 9.17) is 4.74 Å². The van der Waals surface area contributed by atoms with Crippen LogP contribution in [0, 0.1) is 0 Å². The molecule has 3 heteroatoms. The Kier molecular flexibility index (Phi) is 12.2. The molecule has 0 aromatic heterocycles. The second-order valence-electron chi connectivity index (χ2n) is 6.90. The zero-order valence-electron chi connectivity index (χ0n) is 15.4. The number of halogens is 1. The predicted octanol–water partition coefficient (Wildman–Crippen LogP) is 6.01. The predicted molar refractivity (Wildman–Crippen MR) is 106 cm³/mol. The molecular weight excluding hydrogens is 318 g/mol. The lowest BCUT2D eigenvalue weighted by atomic mass is 10.1. The van der Waals surface area contributed by atoms with E-state index in [1.54, 1.807) is 0 Å². The lowest BCUT2D eigenvalue weighted by Crippen LogP contribution is -2.34. The van der Waals surface area contributed by atoms with Gasteiger partial charge in [0, 0.05) is 13.2 Å². The van der Waals surface area contributed by atoms with Gasteiger partial charge in [-0.15, -0.1) is 12.4 Å². The summed E-state index contributed by atoms with van der Waals surface area (Å²) >= 11 is 0. The molecule has 0 radical (unpaired) electrons. The maximum atomic E-state index is 6.30. The van der Waals surface area contributed by atoms with Crippen LogP contribution in [0.15, 0.2) is 30.3 Å². The van der Waals surface area contributed by atoms with Crippen molar-refractivity contribution in [2.75, 3.05) is 26.2 Å². The highest BCUT2D eigenvalue weighted by Gasteiger charge is 2.18. The van der Waals surface area contributed by atoms with Gasteiger partial charge in [0.2, 0.25) is 0 Å². The molecule has 138 valence electrons. The van der Waals surface area contributed by atoms with Crippen molar-refractivity contribution in [3.8, 4) is 0 Å². The van der Waals surface area contributed by atoms with Crippen LogP contribution < -0.4 is 0 Å². The van der Waals surface area contributed by atoms with Gasteiger partial charge >= 0.3 is 0 Å². The summed E-state index contributed by atoms with van der Waals surface area (Å²) in [5.41, 5.74) is 1.34. The molecule has 0 N–H and O–H groups in total. The van der Waals surface area contributed by atoms with Crippen LogP contribution in [0.25, 0.3) is 0 Å². The molecular formula is C21H36ClNO. The van der Waals surface area contributed by atoms with Crippen LogP contribution >= 0.6 is 12.4 Å². The van der Waals surface area contributed by atoms with Gasteiger partial charge in [-0.1, -0.05) is 75.8 Å². The number of hydrogen-bond donors (Lipinski definition) is 0. The van der Waals surface area contributed by atoms with Gasteiger partial charge in [-0.25, -0.2) is 0 Å². The van der Waals surface area contributed by atoms with E-state index in [0.29, 0.717) is 0 Å². The average molecular weight is 354 g/mol. The molecule has 24 heavy (non-hydrogen) atoms. The summed E-state index contributed by atoms with van der Waals surface area (Å²) in [4.78, 5) is 2.59. The highest BCUT2D eigenvalue weighted by atomic mass is 35.5. The third kappa shape index (κ3) is 8.50. The minimum atomic E-state index is 0. The van der Waals surface area contributed by atoms with Crippen molar-refractivity contribution in [3.63, 3.8) is 0 Å². The molecule has 1 fully saturated rings. The SMILES string of the molecule is CCCCCCCCOC(CN1CCCCC1)c1ccccc1.Cl. The van der Waals surface area contributed by atoms with E-state index in [0.717, 1.165) is 13.2 Å². The molecule has 2 rings (SSSR count). The average Bonchev–Trinajstić information content (AvgIpc) is 2.61. The number of unbranched alkanes of at least 4 members (excludes halogenated alkanes) is 5. The van der Waals surface area contributed by atoms with Crippen LogP contribution in [-0.4, -0.2) is 31.1 Å². The van der Waals surface area contributed by atoms with Gasteiger partial charge in [-0.3, -0.25) is 0 Å². The van der Waals surface area contributed by atoms with Gasteiger partial charge < -0.3 is 9.64 Å². The second-order valence-corrected chi connectivity index (χ2v) is 6.90. The molecule has 0 aliphatic carbocycles. The highest BCUT2D eigenvalue weighted by molar-refractivity contribution is 5.85. The number of likely N-dealkylation sites (tertiary alicyclic amines) is 1. The van der Waals surface area contributed by atoms with Gasteiger partial charge in [-0.2, -0.15) is 0 Å². The summed E-state index contributed by atoms with van der Waals surface area (Å²) in [5.74, 6) is 0. The van der Waals surface area contributed by atoms with Crippen LogP contribution in [0.4, 0.5) is 0 Å². The molecule has 0 saturated carbocycles. The topological polar surface area (TPSA) is 12.5 Å². The molecule has 1 atom stereocenters. The fourth-order valence-electron chi connectivity index (χ4n) is 3.41. The van der Waals surface area contributed by atoms with Gasteiger partial charge in [0.25, 0.3) is 0 Å². The lowest BCUT2D eigenvalue weighted by Gasteiger charge is -2.30. The van der Waals surface area contributed by atoms with Gasteiger partial charge in [0.1, 0.15) is 0 Å². The smallest absolute Gasteiger partial charge is 0.0951 e. The van der Waals surface area contributed by atoms with Crippen LogP contribution in [-0.2, 0) is 4.74 Å². The third-order valence-corrected chi connectivity index (χ3v) is 4.86. The minimum absolute atomic E-state index is 0. The molecule has 1 unspecified atom stereocenters.